The highest BCUT2D eigenvalue weighted by atomic mass is 35.5. The van der Waals surface area contributed by atoms with Gasteiger partial charge in [-0.2, -0.15) is 0 Å². The number of hydrogen-bond acceptors (Lipinski definition) is 7. The van der Waals surface area contributed by atoms with E-state index in [-0.39, 0.29) is 29.8 Å². The zero-order chi connectivity index (χ0) is 21.4. The van der Waals surface area contributed by atoms with Crippen molar-refractivity contribution in [1.82, 2.24) is 25.2 Å². The first kappa shape index (κ1) is 21.1. The van der Waals surface area contributed by atoms with Crippen LogP contribution in [0.4, 0.5) is 5.13 Å². The van der Waals surface area contributed by atoms with Crippen molar-refractivity contribution in [2.24, 2.45) is 0 Å². The molecule has 11 heteroatoms. The lowest BCUT2D eigenvalue weighted by atomic mass is 10.0. The highest BCUT2D eigenvalue weighted by Crippen LogP contribution is 2.33. The first-order valence-corrected chi connectivity index (χ1v) is 11.3. The van der Waals surface area contributed by atoms with Gasteiger partial charge in [0.2, 0.25) is 0 Å². The minimum absolute atomic E-state index is 0.0285. The number of anilines is 1. The average Bonchev–Trinajstić information content (AvgIpc) is 3.38. The summed E-state index contributed by atoms with van der Waals surface area (Å²) in [5, 5.41) is 4.20. The number of aryl methyl sites for hydroxylation is 1. The molecular weight excluding hydrogens is 428 g/mol. The summed E-state index contributed by atoms with van der Waals surface area (Å²) in [6.07, 6.45) is 1.18. The Morgan fingerprint density at radius 2 is 2.20 bits per heavy atom. The van der Waals surface area contributed by atoms with E-state index in [1.807, 2.05) is 13.8 Å². The number of amides is 2. The third kappa shape index (κ3) is 3.91. The molecule has 2 aromatic rings. The number of hydrogen-bond donors (Lipinski definition) is 2. The lowest BCUT2D eigenvalue weighted by Crippen LogP contribution is -2.55. The van der Waals surface area contributed by atoms with Crippen molar-refractivity contribution in [3.05, 3.63) is 27.2 Å². The number of rotatable bonds is 6. The molecule has 0 bridgehead atoms. The smallest absolute Gasteiger partial charge is 0.287 e. The quantitative estimate of drug-likeness (QED) is 0.695. The fraction of sp³-hybridized carbons (Fsp3) is 0.579. The van der Waals surface area contributed by atoms with E-state index in [1.54, 1.807) is 11.9 Å². The van der Waals surface area contributed by atoms with Gasteiger partial charge in [0, 0.05) is 26.7 Å². The Bertz CT molecular complexity index is 960. The highest BCUT2D eigenvalue weighted by molar-refractivity contribution is 7.17. The van der Waals surface area contributed by atoms with E-state index in [4.69, 9.17) is 16.3 Å². The summed E-state index contributed by atoms with van der Waals surface area (Å²) in [7, 11) is 1.78. The van der Waals surface area contributed by atoms with Gasteiger partial charge in [-0.15, -0.1) is 0 Å². The van der Waals surface area contributed by atoms with Crippen LogP contribution in [0.25, 0.3) is 0 Å². The minimum Gasteiger partial charge on any atom is -0.375 e. The summed E-state index contributed by atoms with van der Waals surface area (Å²) >= 11 is 7.49. The number of aromatic amines is 1. The van der Waals surface area contributed by atoms with E-state index in [9.17, 15) is 9.59 Å². The summed E-state index contributed by atoms with van der Waals surface area (Å²) in [5.74, 6) is -0.0454. The number of nitrogens with one attached hydrogen (secondary N) is 2. The molecule has 0 spiro atoms. The Labute approximate surface area is 183 Å². The summed E-state index contributed by atoms with van der Waals surface area (Å²) < 4.78 is 5.94. The second-order valence-corrected chi connectivity index (χ2v) is 8.79. The van der Waals surface area contributed by atoms with Crippen LogP contribution >= 0.6 is 22.9 Å². The van der Waals surface area contributed by atoms with Crippen molar-refractivity contribution in [3.63, 3.8) is 0 Å². The number of fused-ring (bicyclic) bond motifs is 1. The average molecular weight is 453 g/mol. The van der Waals surface area contributed by atoms with Crippen LogP contribution in [0.15, 0.2) is 0 Å². The Balaban J connectivity index is 1.44. The summed E-state index contributed by atoms with van der Waals surface area (Å²) in [6, 6.07) is -0.151. The number of carbonyl (C=O) groups is 2. The van der Waals surface area contributed by atoms with E-state index < -0.39 is 0 Å². The van der Waals surface area contributed by atoms with Gasteiger partial charge in [-0.1, -0.05) is 29.9 Å². The van der Waals surface area contributed by atoms with Gasteiger partial charge in [0.25, 0.3) is 11.8 Å². The van der Waals surface area contributed by atoms with Crippen LogP contribution in [0, 0.1) is 0 Å². The van der Waals surface area contributed by atoms with E-state index >= 15 is 0 Å². The van der Waals surface area contributed by atoms with Crippen molar-refractivity contribution < 1.29 is 14.3 Å². The standard InChI is InChI=1S/C19H25ClN6O3S/c1-4-10-15(20)24-16(21-10)17(27)22-11-6-7-26(9-13(11)29-5-2)19-23-12-8-25(3)18(28)14(12)30-19/h11,13H,4-9H2,1-3H3,(H,21,24)(H,22,27)/t11-,13+/m0/s1. The number of H-pyrrole nitrogens is 1. The molecule has 2 aliphatic rings. The van der Waals surface area contributed by atoms with E-state index in [0.29, 0.717) is 44.2 Å². The topological polar surface area (TPSA) is 103 Å². The molecular formula is C19H25ClN6O3S. The number of carbonyl (C=O) groups excluding carboxylic acids is 2. The maximum Gasteiger partial charge on any atom is 0.287 e. The second kappa shape index (κ2) is 8.52. The van der Waals surface area contributed by atoms with Gasteiger partial charge in [0.15, 0.2) is 16.1 Å². The number of aromatic nitrogens is 3. The number of imidazole rings is 1. The number of piperidine rings is 1. The van der Waals surface area contributed by atoms with E-state index in [2.05, 4.69) is 25.2 Å². The second-order valence-electron chi connectivity index (χ2n) is 7.45. The molecule has 2 aliphatic heterocycles. The number of nitrogens with zero attached hydrogens (tertiary/aromatic N) is 4. The predicted molar refractivity (Wildman–Crippen MR) is 114 cm³/mol. The lowest BCUT2D eigenvalue weighted by Gasteiger charge is -2.38. The fourth-order valence-corrected chi connectivity index (χ4v) is 5.19. The van der Waals surface area contributed by atoms with Crippen LogP contribution in [0.2, 0.25) is 5.15 Å². The molecule has 2 N–H and O–H groups in total. The molecule has 0 radical (unpaired) electrons. The minimum atomic E-state index is -0.290. The first-order chi connectivity index (χ1) is 14.4. The van der Waals surface area contributed by atoms with Crippen LogP contribution in [0.3, 0.4) is 0 Å². The van der Waals surface area contributed by atoms with Gasteiger partial charge in [0.1, 0.15) is 4.88 Å². The molecule has 0 unspecified atom stereocenters. The molecule has 0 aromatic carbocycles. The van der Waals surface area contributed by atoms with Crippen LogP contribution in [-0.2, 0) is 17.7 Å². The Morgan fingerprint density at radius 1 is 1.40 bits per heavy atom. The maximum absolute atomic E-state index is 12.7. The molecule has 2 aromatic heterocycles. The van der Waals surface area contributed by atoms with Gasteiger partial charge < -0.3 is 24.8 Å². The zero-order valence-corrected chi connectivity index (χ0v) is 18.8. The molecule has 1 saturated heterocycles. The molecule has 162 valence electrons. The predicted octanol–water partition coefficient (Wildman–Crippen LogP) is 2.08. The van der Waals surface area contributed by atoms with Crippen LogP contribution in [-0.4, -0.2) is 70.6 Å². The molecule has 2 amide bonds. The van der Waals surface area contributed by atoms with Crippen LogP contribution in [0.1, 0.15) is 51.9 Å². The molecule has 30 heavy (non-hydrogen) atoms. The maximum atomic E-state index is 12.7. The number of halogens is 1. The van der Waals surface area contributed by atoms with Crippen molar-refractivity contribution in [2.45, 2.75) is 45.4 Å². The third-order valence-electron chi connectivity index (χ3n) is 5.44. The van der Waals surface area contributed by atoms with Crippen molar-refractivity contribution >= 4 is 39.9 Å². The van der Waals surface area contributed by atoms with Gasteiger partial charge in [0.05, 0.1) is 30.1 Å². The molecule has 4 rings (SSSR count). The van der Waals surface area contributed by atoms with Gasteiger partial charge in [-0.25, -0.2) is 9.97 Å². The van der Waals surface area contributed by atoms with Crippen molar-refractivity contribution in [2.75, 3.05) is 31.6 Å². The molecule has 4 heterocycles. The first-order valence-electron chi connectivity index (χ1n) is 10.1. The summed E-state index contributed by atoms with van der Waals surface area (Å²) in [4.78, 5) is 41.2. The third-order valence-corrected chi connectivity index (χ3v) is 6.90. The summed E-state index contributed by atoms with van der Waals surface area (Å²) in [5.41, 5.74) is 1.59. The van der Waals surface area contributed by atoms with Crippen LogP contribution < -0.4 is 10.2 Å². The van der Waals surface area contributed by atoms with Crippen molar-refractivity contribution in [1.29, 1.82) is 0 Å². The van der Waals surface area contributed by atoms with Crippen LogP contribution in [0.5, 0.6) is 0 Å². The normalized spacial score (nSPS) is 21.3. The van der Waals surface area contributed by atoms with Gasteiger partial charge in [-0.05, 0) is 19.8 Å². The number of thiazole rings is 1. The Kier molecular flexibility index (Phi) is 5.99. The van der Waals surface area contributed by atoms with E-state index in [0.717, 1.165) is 21.4 Å². The summed E-state index contributed by atoms with van der Waals surface area (Å²) in [6.45, 7) is 6.27. The zero-order valence-electron chi connectivity index (χ0n) is 17.2. The van der Waals surface area contributed by atoms with Gasteiger partial charge >= 0.3 is 0 Å². The SMILES string of the molecule is CCO[C@@H]1CN(c2nc3c(s2)C(=O)N(C)C3)CC[C@@H]1NC(=O)c1nc(Cl)c(CC)[nH]1. The fourth-order valence-electron chi connectivity index (χ4n) is 3.82. The van der Waals surface area contributed by atoms with E-state index in [1.165, 1.54) is 11.3 Å². The number of ether oxygens (including phenoxy) is 1. The Hall–Kier alpha value is -2.17. The molecule has 2 atom stereocenters. The molecule has 1 fully saturated rings. The Morgan fingerprint density at radius 3 is 2.87 bits per heavy atom. The molecule has 0 aliphatic carbocycles. The highest BCUT2D eigenvalue weighted by Gasteiger charge is 2.35. The molecule has 0 saturated carbocycles. The lowest BCUT2D eigenvalue weighted by molar-refractivity contribution is 0.0271. The van der Waals surface area contributed by atoms with Gasteiger partial charge in [-0.3, -0.25) is 9.59 Å². The largest absolute Gasteiger partial charge is 0.375 e. The monoisotopic (exact) mass is 452 g/mol. The van der Waals surface area contributed by atoms with Crippen molar-refractivity contribution in [3.8, 4) is 0 Å². The molecule has 9 nitrogen and oxygen atoms in total.